The van der Waals surface area contributed by atoms with E-state index in [4.69, 9.17) is 11.6 Å². The maximum atomic E-state index is 5.53. The predicted octanol–water partition coefficient (Wildman–Crippen LogP) is 2.80. The van der Waals surface area contributed by atoms with Gasteiger partial charge in [-0.1, -0.05) is 25.7 Å². The Bertz CT molecular complexity index is 68.1. The number of hydrogen-bond donors (Lipinski definition) is 0. The molecule has 0 aromatic rings. The molecule has 0 atom stereocenters. The molecule has 3 heteroatoms. The first kappa shape index (κ1) is 12.9. The molecule has 0 aromatic heterocycles. The van der Waals surface area contributed by atoms with Gasteiger partial charge in [0.25, 0.3) is 0 Å². The largest absolute Gasteiger partial charge is 2.00 e. The summed E-state index contributed by atoms with van der Waals surface area (Å²) in [6, 6.07) is 1.37. The van der Waals surface area contributed by atoms with Crippen molar-refractivity contribution in [3.63, 3.8) is 0 Å². The molecule has 0 saturated carbocycles. The zero-order valence-corrected chi connectivity index (χ0v) is 9.88. The number of hydrogen-bond acceptors (Lipinski definition) is 0. The van der Waals surface area contributed by atoms with Crippen molar-refractivity contribution in [2.75, 3.05) is 5.88 Å². The Morgan fingerprint density at radius 2 is 1.78 bits per heavy atom. The Hall–Kier alpha value is 1.27. The van der Waals surface area contributed by atoms with Gasteiger partial charge in [0.2, 0.25) is 0 Å². The second-order valence-corrected chi connectivity index (χ2v) is 9.35. The minimum absolute atomic E-state index is 0. The van der Waals surface area contributed by atoms with E-state index in [1.54, 1.807) is 0 Å². The molecule has 54 valence electrons. The van der Waals surface area contributed by atoms with Gasteiger partial charge in [-0.25, -0.2) is 0 Å². The summed E-state index contributed by atoms with van der Waals surface area (Å²) >= 11 is 5.53. The molecule has 0 aromatic carbocycles. The number of halogens is 1. The van der Waals surface area contributed by atoms with Gasteiger partial charge in [0.1, 0.15) is 0 Å². The van der Waals surface area contributed by atoms with Gasteiger partial charge in [-0.05, 0) is 6.42 Å². The van der Waals surface area contributed by atoms with Crippen LogP contribution in [0.2, 0.25) is 25.7 Å². The quantitative estimate of drug-likeness (QED) is 0.459. The van der Waals surface area contributed by atoms with Crippen LogP contribution in [-0.4, -0.2) is 37.0 Å². The minimum Gasteiger partial charge on any atom is -1.00 e. The van der Waals surface area contributed by atoms with Crippen molar-refractivity contribution in [2.45, 2.75) is 32.1 Å². The summed E-state index contributed by atoms with van der Waals surface area (Å²) in [6.07, 6.45) is 1.21. The van der Waals surface area contributed by atoms with Gasteiger partial charge in [0, 0.05) is 14.0 Å². The summed E-state index contributed by atoms with van der Waals surface area (Å²) in [5, 5.41) is 0. The van der Waals surface area contributed by atoms with Crippen molar-refractivity contribution in [1.82, 2.24) is 0 Å². The van der Waals surface area contributed by atoms with E-state index in [-0.39, 0.29) is 25.9 Å². The molecule has 0 nitrogen and oxygen atoms in total. The first-order valence-electron chi connectivity index (χ1n) is 3.12. The molecular weight excluding hydrogens is 160 g/mol. The Labute approximate surface area is 83.5 Å². The van der Waals surface area contributed by atoms with Gasteiger partial charge in [-0.15, -0.1) is 11.6 Å². The summed E-state index contributed by atoms with van der Waals surface area (Å²) in [4.78, 5) is 0. The second-order valence-electron chi connectivity index (χ2n) is 3.35. The fourth-order valence-corrected chi connectivity index (χ4v) is 2.19. The first-order chi connectivity index (χ1) is 3.56. The van der Waals surface area contributed by atoms with Crippen LogP contribution >= 0.6 is 11.6 Å². The van der Waals surface area contributed by atoms with Crippen molar-refractivity contribution in [3.05, 3.63) is 0 Å². The van der Waals surface area contributed by atoms with Gasteiger partial charge in [-0.3, -0.25) is 0 Å². The third-order valence-electron chi connectivity index (χ3n) is 1.06. The van der Waals surface area contributed by atoms with E-state index in [0.29, 0.717) is 0 Å². The third-order valence-corrected chi connectivity index (χ3v) is 3.18. The molecular formula is C6H17ClMgSi. The standard InChI is InChI=1S/C6H15ClSi.Mg.2H/c1-8(2,3)6-4-5-7;;;/h4-6H2,1-3H3;;;/q;+2;2*-1. The van der Waals surface area contributed by atoms with Crippen LogP contribution in [0.3, 0.4) is 0 Å². The zero-order chi connectivity index (χ0) is 6.62. The third kappa shape index (κ3) is 12.5. The van der Waals surface area contributed by atoms with Crippen LogP contribution in [-0.2, 0) is 0 Å². The molecule has 0 heterocycles. The molecule has 0 unspecified atom stereocenters. The van der Waals surface area contributed by atoms with Crippen molar-refractivity contribution in [3.8, 4) is 0 Å². The van der Waals surface area contributed by atoms with Crippen molar-refractivity contribution in [2.24, 2.45) is 0 Å². The van der Waals surface area contributed by atoms with Gasteiger partial charge in [0.15, 0.2) is 0 Å². The summed E-state index contributed by atoms with van der Waals surface area (Å²) in [6.45, 7) is 7.12. The Morgan fingerprint density at radius 1 is 1.33 bits per heavy atom. The minimum atomic E-state index is -0.763. The first-order valence-corrected chi connectivity index (χ1v) is 7.36. The van der Waals surface area contributed by atoms with E-state index < -0.39 is 8.07 Å². The van der Waals surface area contributed by atoms with Crippen LogP contribution in [0.25, 0.3) is 0 Å². The SMILES string of the molecule is C[Si](C)(C)CCCCl.[H-].[H-].[Mg+2]. The van der Waals surface area contributed by atoms with Crippen molar-refractivity contribution < 1.29 is 2.85 Å². The fraction of sp³-hybridized carbons (Fsp3) is 1.00. The van der Waals surface area contributed by atoms with Crippen LogP contribution in [0.1, 0.15) is 9.27 Å². The Morgan fingerprint density at radius 3 is 1.89 bits per heavy atom. The van der Waals surface area contributed by atoms with Crippen molar-refractivity contribution in [1.29, 1.82) is 0 Å². The molecule has 0 N–H and O–H groups in total. The maximum absolute atomic E-state index is 5.53. The van der Waals surface area contributed by atoms with Crippen LogP contribution in [0.5, 0.6) is 0 Å². The Balaban J connectivity index is -0.0000000817. The molecule has 0 bridgehead atoms. The van der Waals surface area contributed by atoms with Crippen LogP contribution in [0, 0.1) is 0 Å². The zero-order valence-electron chi connectivity index (χ0n) is 8.71. The molecule has 0 aliphatic rings. The van der Waals surface area contributed by atoms with E-state index in [1.807, 2.05) is 0 Å². The normalized spacial score (nSPS) is 10.7. The average molecular weight is 177 g/mol. The molecule has 0 radical (unpaired) electrons. The van der Waals surface area contributed by atoms with Crippen LogP contribution in [0.4, 0.5) is 0 Å². The number of alkyl halides is 1. The van der Waals surface area contributed by atoms with Crippen LogP contribution in [0.15, 0.2) is 0 Å². The molecule has 0 saturated heterocycles. The van der Waals surface area contributed by atoms with Crippen molar-refractivity contribution >= 4 is 42.7 Å². The van der Waals surface area contributed by atoms with Gasteiger partial charge < -0.3 is 2.85 Å². The Kier molecular flexibility index (Phi) is 8.62. The topological polar surface area (TPSA) is 0 Å². The second kappa shape index (κ2) is 6.01. The van der Waals surface area contributed by atoms with E-state index in [9.17, 15) is 0 Å². The van der Waals surface area contributed by atoms with Gasteiger partial charge >= 0.3 is 23.1 Å². The molecule has 0 amide bonds. The monoisotopic (exact) mass is 176 g/mol. The number of rotatable bonds is 3. The van der Waals surface area contributed by atoms with E-state index >= 15 is 0 Å². The molecule has 0 aliphatic heterocycles. The van der Waals surface area contributed by atoms with E-state index in [2.05, 4.69) is 19.6 Å². The predicted molar refractivity (Wildman–Crippen MR) is 51.5 cm³/mol. The van der Waals surface area contributed by atoms with E-state index in [0.717, 1.165) is 5.88 Å². The summed E-state index contributed by atoms with van der Waals surface area (Å²) < 4.78 is 0. The summed E-state index contributed by atoms with van der Waals surface area (Å²) in [5.74, 6) is 0.838. The molecule has 9 heavy (non-hydrogen) atoms. The van der Waals surface area contributed by atoms with E-state index in [1.165, 1.54) is 12.5 Å². The molecule has 0 spiro atoms. The molecule has 0 rings (SSSR count). The van der Waals surface area contributed by atoms with Gasteiger partial charge in [0.05, 0.1) is 0 Å². The van der Waals surface area contributed by atoms with Gasteiger partial charge in [-0.2, -0.15) is 0 Å². The molecule has 0 aliphatic carbocycles. The summed E-state index contributed by atoms with van der Waals surface area (Å²) in [5.41, 5.74) is 0. The summed E-state index contributed by atoms with van der Waals surface area (Å²) in [7, 11) is -0.763. The average Bonchev–Trinajstić information content (AvgIpc) is 1.59. The van der Waals surface area contributed by atoms with Crippen LogP contribution < -0.4 is 0 Å². The fourth-order valence-electron chi connectivity index (χ4n) is 0.597. The smallest absolute Gasteiger partial charge is 1.00 e. The maximum Gasteiger partial charge on any atom is 2.00 e. The molecule has 0 fully saturated rings.